The molecule has 2 rings (SSSR count). The number of hydrogen-bond acceptors (Lipinski definition) is 5. The lowest BCUT2D eigenvalue weighted by Crippen LogP contribution is -2.07. The maximum atomic E-state index is 11.7. The van der Waals surface area contributed by atoms with Crippen LogP contribution in [0.5, 0.6) is 0 Å². The van der Waals surface area contributed by atoms with Crippen molar-refractivity contribution in [2.75, 3.05) is 6.61 Å². The topological polar surface area (TPSA) is 52.3 Å². The van der Waals surface area contributed by atoms with Gasteiger partial charge < -0.3 is 9.15 Å². The van der Waals surface area contributed by atoms with E-state index < -0.39 is 0 Å². The fourth-order valence-electron chi connectivity index (χ4n) is 1.35. The summed E-state index contributed by atoms with van der Waals surface area (Å²) in [7, 11) is 0. The van der Waals surface area contributed by atoms with Gasteiger partial charge in [-0.2, -0.15) is 0 Å². The minimum atomic E-state index is -0.363. The van der Waals surface area contributed by atoms with Crippen molar-refractivity contribution < 1.29 is 13.9 Å². The Hall–Kier alpha value is -1.62. The first kappa shape index (κ1) is 11.9. The molecule has 0 radical (unpaired) electrons. The Kier molecular flexibility index (Phi) is 3.58. The van der Waals surface area contributed by atoms with Gasteiger partial charge in [0.15, 0.2) is 16.5 Å². The highest BCUT2D eigenvalue weighted by Crippen LogP contribution is 2.28. The monoisotopic (exact) mass is 251 g/mol. The summed E-state index contributed by atoms with van der Waals surface area (Å²) < 4.78 is 10.3. The number of ether oxygens (including phenoxy) is 1. The maximum absolute atomic E-state index is 11.7. The van der Waals surface area contributed by atoms with Gasteiger partial charge in [-0.05, 0) is 25.5 Å². The molecule has 17 heavy (non-hydrogen) atoms. The number of esters is 1. The van der Waals surface area contributed by atoms with E-state index in [1.165, 1.54) is 11.3 Å². The third-order valence-corrected chi connectivity index (χ3v) is 3.14. The van der Waals surface area contributed by atoms with E-state index in [1.54, 1.807) is 12.3 Å². The Morgan fingerprint density at radius 3 is 3.06 bits per heavy atom. The number of nitrogens with zero attached hydrogens (tertiary/aromatic N) is 1. The van der Waals surface area contributed by atoms with E-state index in [4.69, 9.17) is 9.15 Å². The van der Waals surface area contributed by atoms with E-state index in [9.17, 15) is 4.79 Å². The third-order valence-electron chi connectivity index (χ3n) is 2.16. The van der Waals surface area contributed by atoms with Crippen LogP contribution >= 0.6 is 11.3 Å². The van der Waals surface area contributed by atoms with Gasteiger partial charge in [-0.15, -0.1) is 11.3 Å². The highest BCUT2D eigenvalue weighted by atomic mass is 32.1. The first-order valence-electron chi connectivity index (χ1n) is 5.40. The van der Waals surface area contributed by atoms with Crippen molar-refractivity contribution in [3.05, 3.63) is 29.0 Å². The van der Waals surface area contributed by atoms with Gasteiger partial charge in [0.2, 0.25) is 0 Å². The molecule has 0 amide bonds. The Morgan fingerprint density at radius 1 is 1.59 bits per heavy atom. The fourth-order valence-corrected chi connectivity index (χ4v) is 2.22. The molecule has 5 heteroatoms. The molecule has 2 heterocycles. The maximum Gasteiger partial charge on any atom is 0.358 e. The lowest BCUT2D eigenvalue weighted by atomic mass is 10.4. The van der Waals surface area contributed by atoms with Crippen LogP contribution in [0.15, 0.2) is 22.8 Å². The number of furan rings is 1. The molecule has 0 aliphatic heterocycles. The van der Waals surface area contributed by atoms with Gasteiger partial charge >= 0.3 is 5.97 Å². The molecule has 0 saturated heterocycles. The van der Waals surface area contributed by atoms with Crippen molar-refractivity contribution in [2.45, 2.75) is 20.3 Å². The van der Waals surface area contributed by atoms with Crippen LogP contribution in [0.1, 0.15) is 28.7 Å². The van der Waals surface area contributed by atoms with Gasteiger partial charge in [-0.1, -0.05) is 6.92 Å². The average Bonchev–Trinajstić information content (AvgIpc) is 2.94. The molecule has 0 aliphatic rings. The minimum absolute atomic E-state index is 0.363. The molecule has 0 saturated carbocycles. The zero-order valence-electron chi connectivity index (χ0n) is 9.73. The second-order valence-electron chi connectivity index (χ2n) is 3.54. The summed E-state index contributed by atoms with van der Waals surface area (Å²) in [5, 5.41) is 0.705. The zero-order valence-corrected chi connectivity index (χ0v) is 10.5. The Bertz CT molecular complexity index is 502. The van der Waals surface area contributed by atoms with Gasteiger partial charge in [0, 0.05) is 4.88 Å². The van der Waals surface area contributed by atoms with Crippen LogP contribution in [0.25, 0.3) is 10.8 Å². The fraction of sp³-hybridized carbons (Fsp3) is 0.333. The summed E-state index contributed by atoms with van der Waals surface area (Å²) in [6.45, 7) is 4.23. The highest BCUT2D eigenvalue weighted by Gasteiger charge is 2.18. The number of carbonyl (C=O) groups excluding carboxylic acids is 1. The molecule has 0 spiro atoms. The minimum Gasteiger partial charge on any atom is -0.462 e. The standard InChI is InChI=1S/C12H13NO3S/c1-3-6-16-12(14)10-8(2)17-11(13-10)9-5-4-7-15-9/h4-5,7H,3,6H2,1-2H3. The van der Waals surface area contributed by atoms with Crippen molar-refractivity contribution in [1.29, 1.82) is 0 Å². The second kappa shape index (κ2) is 5.14. The van der Waals surface area contributed by atoms with Crippen LogP contribution in [0.4, 0.5) is 0 Å². The summed E-state index contributed by atoms with van der Waals surface area (Å²) in [5.41, 5.74) is 0.384. The molecule has 0 atom stereocenters. The van der Waals surface area contributed by atoms with Crippen molar-refractivity contribution >= 4 is 17.3 Å². The molecule has 0 N–H and O–H groups in total. The van der Waals surface area contributed by atoms with Crippen molar-refractivity contribution in [1.82, 2.24) is 4.98 Å². The largest absolute Gasteiger partial charge is 0.462 e. The molecule has 0 aliphatic carbocycles. The van der Waals surface area contributed by atoms with E-state index in [0.29, 0.717) is 23.1 Å². The number of rotatable bonds is 4. The number of thiazole rings is 1. The van der Waals surface area contributed by atoms with E-state index in [-0.39, 0.29) is 5.97 Å². The van der Waals surface area contributed by atoms with Crippen molar-refractivity contribution in [2.24, 2.45) is 0 Å². The van der Waals surface area contributed by atoms with Crippen molar-refractivity contribution in [3.8, 4) is 10.8 Å². The average molecular weight is 251 g/mol. The Labute approximate surface area is 103 Å². The molecule has 0 bridgehead atoms. The van der Waals surface area contributed by atoms with Crippen LogP contribution in [-0.4, -0.2) is 17.6 Å². The molecule has 2 aromatic heterocycles. The lowest BCUT2D eigenvalue weighted by Gasteiger charge is -1.99. The van der Waals surface area contributed by atoms with Crippen LogP contribution in [0, 0.1) is 6.92 Å². The van der Waals surface area contributed by atoms with Crippen LogP contribution in [-0.2, 0) is 4.74 Å². The molecule has 2 aromatic rings. The second-order valence-corrected chi connectivity index (χ2v) is 4.74. The van der Waals surface area contributed by atoms with Crippen LogP contribution in [0.3, 0.4) is 0 Å². The molecule has 0 fully saturated rings. The predicted molar refractivity (Wildman–Crippen MR) is 65.1 cm³/mol. The molecular formula is C12H13NO3S. The molecule has 90 valence electrons. The number of hydrogen-bond donors (Lipinski definition) is 0. The summed E-state index contributed by atoms with van der Waals surface area (Å²) in [6, 6.07) is 3.61. The summed E-state index contributed by atoms with van der Waals surface area (Å²) in [5.74, 6) is 0.311. The first-order valence-corrected chi connectivity index (χ1v) is 6.22. The van der Waals surface area contributed by atoms with Gasteiger partial charge in [0.25, 0.3) is 0 Å². The first-order chi connectivity index (χ1) is 8.22. The van der Waals surface area contributed by atoms with Gasteiger partial charge in [0.05, 0.1) is 12.9 Å². The quantitative estimate of drug-likeness (QED) is 0.782. The molecular weight excluding hydrogens is 238 g/mol. The van der Waals surface area contributed by atoms with E-state index >= 15 is 0 Å². The normalized spacial score (nSPS) is 10.5. The molecule has 4 nitrogen and oxygen atoms in total. The smallest absolute Gasteiger partial charge is 0.358 e. The predicted octanol–water partition coefficient (Wildman–Crippen LogP) is 3.28. The molecule has 0 aromatic carbocycles. The SMILES string of the molecule is CCCOC(=O)c1nc(-c2ccco2)sc1C. The van der Waals surface area contributed by atoms with E-state index in [0.717, 1.165) is 11.3 Å². The van der Waals surface area contributed by atoms with E-state index in [1.807, 2.05) is 19.9 Å². The number of aromatic nitrogens is 1. The number of aryl methyl sites for hydroxylation is 1. The Morgan fingerprint density at radius 2 is 2.41 bits per heavy atom. The van der Waals surface area contributed by atoms with Crippen molar-refractivity contribution in [3.63, 3.8) is 0 Å². The summed E-state index contributed by atoms with van der Waals surface area (Å²) in [6.07, 6.45) is 2.39. The van der Waals surface area contributed by atoms with Gasteiger partial charge in [-0.3, -0.25) is 0 Å². The highest BCUT2D eigenvalue weighted by molar-refractivity contribution is 7.15. The Balaban J connectivity index is 2.22. The summed E-state index contributed by atoms with van der Waals surface area (Å²) >= 11 is 1.43. The third kappa shape index (κ3) is 2.55. The van der Waals surface area contributed by atoms with Gasteiger partial charge in [0.1, 0.15) is 0 Å². The summed E-state index contributed by atoms with van der Waals surface area (Å²) in [4.78, 5) is 16.8. The van der Waals surface area contributed by atoms with Crippen LogP contribution < -0.4 is 0 Å². The van der Waals surface area contributed by atoms with Gasteiger partial charge in [-0.25, -0.2) is 9.78 Å². The van der Waals surface area contributed by atoms with Crippen LogP contribution in [0.2, 0.25) is 0 Å². The zero-order chi connectivity index (χ0) is 12.3. The molecule has 0 unspecified atom stereocenters. The lowest BCUT2D eigenvalue weighted by molar-refractivity contribution is 0.0498. The number of carbonyl (C=O) groups is 1. The van der Waals surface area contributed by atoms with E-state index in [2.05, 4.69) is 4.98 Å².